The van der Waals surface area contributed by atoms with Crippen LogP contribution in [0.2, 0.25) is 0 Å². The van der Waals surface area contributed by atoms with Crippen molar-refractivity contribution in [1.82, 2.24) is 5.32 Å². The zero-order chi connectivity index (χ0) is 13.1. The topological polar surface area (TPSA) is 49.3 Å². The number of carboxylic acids is 1. The lowest BCUT2D eigenvalue weighted by Crippen LogP contribution is -2.45. The second-order valence-electron chi connectivity index (χ2n) is 5.47. The van der Waals surface area contributed by atoms with E-state index in [0.29, 0.717) is 11.6 Å². The maximum Gasteiger partial charge on any atom is 0.335 e. The summed E-state index contributed by atoms with van der Waals surface area (Å²) < 4.78 is 0. The minimum Gasteiger partial charge on any atom is -0.478 e. The van der Waals surface area contributed by atoms with Gasteiger partial charge in [0, 0.05) is 12.6 Å². The van der Waals surface area contributed by atoms with Crippen molar-refractivity contribution >= 4 is 5.97 Å². The van der Waals surface area contributed by atoms with Gasteiger partial charge >= 0.3 is 5.97 Å². The highest BCUT2D eigenvalue weighted by Crippen LogP contribution is 2.33. The van der Waals surface area contributed by atoms with Crippen LogP contribution in [0.5, 0.6) is 0 Å². The van der Waals surface area contributed by atoms with Gasteiger partial charge in [-0.25, -0.2) is 4.79 Å². The number of carbonyl (C=O) groups is 1. The van der Waals surface area contributed by atoms with Crippen LogP contribution in [-0.4, -0.2) is 17.1 Å². The van der Waals surface area contributed by atoms with Crippen LogP contribution in [-0.2, 0) is 6.54 Å². The molecule has 1 saturated carbocycles. The van der Waals surface area contributed by atoms with Crippen LogP contribution >= 0.6 is 0 Å². The van der Waals surface area contributed by atoms with Crippen LogP contribution in [0, 0.1) is 11.8 Å². The summed E-state index contributed by atoms with van der Waals surface area (Å²) in [5.74, 6) is 0.669. The van der Waals surface area contributed by atoms with Crippen molar-refractivity contribution in [3.8, 4) is 0 Å². The lowest BCUT2D eigenvalue weighted by atomic mass is 9.73. The fraction of sp³-hybridized carbons (Fsp3) is 0.533. The Hall–Kier alpha value is -1.35. The van der Waals surface area contributed by atoms with Gasteiger partial charge in [0.25, 0.3) is 0 Å². The summed E-state index contributed by atoms with van der Waals surface area (Å²) in [5, 5.41) is 12.4. The molecule has 2 atom stereocenters. The van der Waals surface area contributed by atoms with Crippen LogP contribution in [0.25, 0.3) is 0 Å². The van der Waals surface area contributed by atoms with Crippen molar-refractivity contribution in [3.05, 3.63) is 35.4 Å². The van der Waals surface area contributed by atoms with Crippen molar-refractivity contribution < 1.29 is 9.90 Å². The Morgan fingerprint density at radius 1 is 1.33 bits per heavy atom. The molecule has 98 valence electrons. The predicted octanol–water partition coefficient (Wildman–Crippen LogP) is 2.91. The van der Waals surface area contributed by atoms with E-state index in [9.17, 15) is 4.79 Å². The summed E-state index contributed by atoms with van der Waals surface area (Å²) in [6.07, 6.45) is 2.59. The normalized spacial score (nSPS) is 22.8. The Morgan fingerprint density at radius 2 is 2.00 bits per heavy atom. The van der Waals surface area contributed by atoms with E-state index in [2.05, 4.69) is 19.2 Å². The van der Waals surface area contributed by atoms with E-state index >= 15 is 0 Å². The third kappa shape index (κ3) is 2.91. The fourth-order valence-corrected chi connectivity index (χ4v) is 2.59. The smallest absolute Gasteiger partial charge is 0.335 e. The monoisotopic (exact) mass is 247 g/mol. The summed E-state index contributed by atoms with van der Waals surface area (Å²) in [6, 6.07) is 7.74. The third-order valence-corrected chi connectivity index (χ3v) is 3.95. The Labute approximate surface area is 108 Å². The van der Waals surface area contributed by atoms with Crippen molar-refractivity contribution in [2.24, 2.45) is 11.8 Å². The highest BCUT2D eigenvalue weighted by molar-refractivity contribution is 5.87. The van der Waals surface area contributed by atoms with E-state index in [0.717, 1.165) is 23.9 Å². The van der Waals surface area contributed by atoms with Gasteiger partial charge in [0.05, 0.1) is 5.56 Å². The van der Waals surface area contributed by atoms with Crippen LogP contribution < -0.4 is 5.32 Å². The molecule has 1 aromatic rings. The van der Waals surface area contributed by atoms with E-state index in [1.807, 2.05) is 12.1 Å². The van der Waals surface area contributed by atoms with Crippen molar-refractivity contribution in [2.45, 2.75) is 39.3 Å². The lowest BCUT2D eigenvalue weighted by molar-refractivity contribution is 0.0697. The van der Waals surface area contributed by atoms with E-state index in [1.54, 1.807) is 12.1 Å². The number of hydrogen-bond acceptors (Lipinski definition) is 2. The first kappa shape index (κ1) is 13.1. The number of benzene rings is 1. The number of rotatable bonds is 5. The molecule has 18 heavy (non-hydrogen) atoms. The van der Waals surface area contributed by atoms with Crippen LogP contribution in [0.4, 0.5) is 0 Å². The molecule has 2 rings (SSSR count). The highest BCUT2D eigenvalue weighted by atomic mass is 16.4. The average molecular weight is 247 g/mol. The summed E-state index contributed by atoms with van der Waals surface area (Å²) in [6.45, 7) is 5.38. The number of nitrogens with one attached hydrogen (secondary N) is 1. The molecule has 0 saturated heterocycles. The maximum absolute atomic E-state index is 10.7. The number of carboxylic acid groups (broad SMARTS) is 1. The second-order valence-corrected chi connectivity index (χ2v) is 5.47. The Kier molecular flexibility index (Phi) is 4.02. The molecule has 1 fully saturated rings. The van der Waals surface area contributed by atoms with Crippen molar-refractivity contribution in [3.63, 3.8) is 0 Å². The van der Waals surface area contributed by atoms with Gasteiger partial charge in [-0.05, 0) is 42.4 Å². The largest absolute Gasteiger partial charge is 0.478 e. The zero-order valence-electron chi connectivity index (χ0n) is 11.0. The molecule has 3 nitrogen and oxygen atoms in total. The first-order valence-corrected chi connectivity index (χ1v) is 6.63. The van der Waals surface area contributed by atoms with Crippen LogP contribution in [0.1, 0.15) is 42.6 Å². The maximum atomic E-state index is 10.7. The quantitative estimate of drug-likeness (QED) is 0.841. The van der Waals surface area contributed by atoms with Gasteiger partial charge in [-0.1, -0.05) is 26.0 Å². The van der Waals surface area contributed by atoms with Gasteiger partial charge in [-0.3, -0.25) is 0 Å². The molecule has 1 aromatic carbocycles. The highest BCUT2D eigenvalue weighted by Gasteiger charge is 2.32. The molecule has 0 amide bonds. The molecule has 0 spiro atoms. The first-order valence-electron chi connectivity index (χ1n) is 6.63. The Bertz CT molecular complexity index is 411. The fourth-order valence-electron chi connectivity index (χ4n) is 2.59. The number of hydrogen-bond donors (Lipinski definition) is 2. The van der Waals surface area contributed by atoms with Gasteiger partial charge in [-0.2, -0.15) is 0 Å². The van der Waals surface area contributed by atoms with Gasteiger partial charge in [-0.15, -0.1) is 0 Å². The molecular weight excluding hydrogens is 226 g/mol. The zero-order valence-corrected chi connectivity index (χ0v) is 11.0. The molecule has 2 unspecified atom stereocenters. The summed E-state index contributed by atoms with van der Waals surface area (Å²) in [5.41, 5.74) is 1.50. The van der Waals surface area contributed by atoms with E-state index in [-0.39, 0.29) is 0 Å². The molecule has 0 heterocycles. The van der Waals surface area contributed by atoms with Gasteiger partial charge < -0.3 is 10.4 Å². The molecule has 2 N–H and O–H groups in total. The minimum absolute atomic E-state index is 0.349. The van der Waals surface area contributed by atoms with Crippen molar-refractivity contribution in [1.29, 1.82) is 0 Å². The average Bonchev–Trinajstić information content (AvgIpc) is 2.27. The summed E-state index contributed by atoms with van der Waals surface area (Å²) >= 11 is 0. The molecule has 1 aliphatic rings. The van der Waals surface area contributed by atoms with E-state index < -0.39 is 5.97 Å². The van der Waals surface area contributed by atoms with Crippen molar-refractivity contribution in [2.75, 3.05) is 0 Å². The van der Waals surface area contributed by atoms with Gasteiger partial charge in [0.1, 0.15) is 0 Å². The number of aromatic carboxylic acids is 1. The lowest BCUT2D eigenvalue weighted by Gasteiger charge is -2.40. The van der Waals surface area contributed by atoms with Crippen LogP contribution in [0.15, 0.2) is 24.3 Å². The third-order valence-electron chi connectivity index (χ3n) is 3.95. The standard InChI is InChI=1S/C15H21NO2/c1-10(2)13-7-8-14(13)16-9-11-3-5-12(6-4-11)15(17)18/h3-6,10,13-14,16H,7-9H2,1-2H3,(H,17,18). The predicted molar refractivity (Wildman–Crippen MR) is 71.6 cm³/mol. The van der Waals surface area contributed by atoms with Gasteiger partial charge in [0.2, 0.25) is 0 Å². The minimum atomic E-state index is -0.867. The molecule has 0 bridgehead atoms. The first-order chi connectivity index (χ1) is 8.58. The molecule has 0 aromatic heterocycles. The summed E-state index contributed by atoms with van der Waals surface area (Å²) in [4.78, 5) is 10.7. The molecular formula is C15H21NO2. The van der Waals surface area contributed by atoms with Gasteiger partial charge in [0.15, 0.2) is 0 Å². The van der Waals surface area contributed by atoms with E-state index in [1.165, 1.54) is 12.8 Å². The Balaban J connectivity index is 1.85. The molecule has 3 heteroatoms. The van der Waals surface area contributed by atoms with Crippen LogP contribution in [0.3, 0.4) is 0 Å². The molecule has 0 radical (unpaired) electrons. The second kappa shape index (κ2) is 5.53. The molecule has 0 aliphatic heterocycles. The molecule has 1 aliphatic carbocycles. The van der Waals surface area contributed by atoms with E-state index in [4.69, 9.17) is 5.11 Å². The summed E-state index contributed by atoms with van der Waals surface area (Å²) in [7, 11) is 0. The Morgan fingerprint density at radius 3 is 2.44 bits per heavy atom. The SMILES string of the molecule is CC(C)C1CCC1NCc1ccc(C(=O)O)cc1.